The molecule has 0 radical (unpaired) electrons. The molecule has 0 aliphatic rings. The highest BCUT2D eigenvalue weighted by atomic mass is 16.6. The van der Waals surface area contributed by atoms with Crippen molar-refractivity contribution in [3.05, 3.63) is 24.3 Å². The van der Waals surface area contributed by atoms with Gasteiger partial charge in [0.05, 0.1) is 17.0 Å². The highest BCUT2D eigenvalue weighted by Gasteiger charge is 2.21. The van der Waals surface area contributed by atoms with E-state index in [9.17, 15) is 4.79 Å². The summed E-state index contributed by atoms with van der Waals surface area (Å²) in [7, 11) is 1.71. The van der Waals surface area contributed by atoms with Crippen LogP contribution in [0.25, 0.3) is 0 Å². The van der Waals surface area contributed by atoms with Crippen molar-refractivity contribution in [1.82, 2.24) is 0 Å². The summed E-state index contributed by atoms with van der Waals surface area (Å²) < 4.78 is 10.8. The molecular weight excluding hydrogens is 292 g/mol. The largest absolute Gasteiger partial charge is 0.444 e. The fraction of sp³-hybridized carbons (Fsp3) is 0.611. The molecule has 1 unspecified atom stereocenters. The molecule has 1 amide bonds. The second-order valence-electron chi connectivity index (χ2n) is 7.39. The maximum atomic E-state index is 12.0. The zero-order chi connectivity index (χ0) is 17.7. The topological polar surface area (TPSA) is 59.6 Å². The lowest BCUT2D eigenvalue weighted by molar-refractivity contribution is 0.0128. The number of carbonyl (C=O) groups excluding carboxylic acids is 1. The van der Waals surface area contributed by atoms with Gasteiger partial charge in [-0.2, -0.15) is 0 Å². The van der Waals surface area contributed by atoms with E-state index in [1.165, 1.54) is 0 Å². The van der Waals surface area contributed by atoms with Gasteiger partial charge in [-0.05, 0) is 60.1 Å². The fourth-order valence-electron chi connectivity index (χ4n) is 2.27. The van der Waals surface area contributed by atoms with Gasteiger partial charge in [0.1, 0.15) is 5.60 Å². The number of anilines is 2. The maximum Gasteiger partial charge on any atom is 0.412 e. The van der Waals surface area contributed by atoms with E-state index in [4.69, 9.17) is 9.47 Å². The number of ether oxygens (including phenoxy) is 2. The molecule has 5 nitrogen and oxygen atoms in total. The zero-order valence-corrected chi connectivity index (χ0v) is 15.3. The molecule has 1 atom stereocenters. The van der Waals surface area contributed by atoms with Gasteiger partial charge >= 0.3 is 6.09 Å². The summed E-state index contributed by atoms with van der Waals surface area (Å²) in [6.07, 6.45) is 0.376. The fourth-order valence-corrected chi connectivity index (χ4v) is 2.27. The van der Waals surface area contributed by atoms with Gasteiger partial charge in [-0.25, -0.2) is 4.79 Å². The summed E-state index contributed by atoms with van der Waals surface area (Å²) in [5.41, 5.74) is 0.823. The Balaban J connectivity index is 2.76. The molecule has 0 bridgehead atoms. The summed E-state index contributed by atoms with van der Waals surface area (Å²) in [5.74, 6) is 0. The minimum Gasteiger partial charge on any atom is -0.444 e. The second-order valence-corrected chi connectivity index (χ2v) is 7.39. The number of hydrogen-bond acceptors (Lipinski definition) is 4. The van der Waals surface area contributed by atoms with E-state index in [1.807, 2.05) is 45.0 Å². The molecule has 0 saturated heterocycles. The third-order valence-electron chi connectivity index (χ3n) is 3.31. The van der Waals surface area contributed by atoms with Crippen LogP contribution >= 0.6 is 0 Å². The van der Waals surface area contributed by atoms with Crippen LogP contribution in [-0.2, 0) is 9.47 Å². The van der Waals surface area contributed by atoms with Gasteiger partial charge in [0, 0.05) is 13.2 Å². The Kier molecular flexibility index (Phi) is 6.45. The van der Waals surface area contributed by atoms with Crippen molar-refractivity contribution in [3.63, 3.8) is 0 Å². The van der Waals surface area contributed by atoms with E-state index in [1.54, 1.807) is 7.11 Å². The predicted molar refractivity (Wildman–Crippen MR) is 95.1 cm³/mol. The number of benzene rings is 1. The van der Waals surface area contributed by atoms with Gasteiger partial charge in [-0.1, -0.05) is 12.1 Å². The molecule has 1 aromatic carbocycles. The lowest BCUT2D eigenvalue weighted by Gasteiger charge is -2.28. The normalized spacial score (nSPS) is 13.3. The number of carbonyl (C=O) groups is 1. The van der Waals surface area contributed by atoms with Crippen LogP contribution in [0, 0.1) is 0 Å². The van der Waals surface area contributed by atoms with E-state index >= 15 is 0 Å². The Labute approximate surface area is 139 Å². The zero-order valence-electron chi connectivity index (χ0n) is 15.3. The summed E-state index contributed by atoms with van der Waals surface area (Å²) in [6.45, 7) is 11.7. The highest BCUT2D eigenvalue weighted by molar-refractivity contribution is 5.89. The van der Waals surface area contributed by atoms with Gasteiger partial charge in [0.2, 0.25) is 0 Å². The Hall–Kier alpha value is -1.75. The van der Waals surface area contributed by atoms with Crippen LogP contribution in [0.5, 0.6) is 0 Å². The first kappa shape index (κ1) is 19.3. The Morgan fingerprint density at radius 2 is 1.70 bits per heavy atom. The monoisotopic (exact) mass is 322 g/mol. The first-order valence-corrected chi connectivity index (χ1v) is 7.93. The average Bonchev–Trinajstić information content (AvgIpc) is 2.38. The predicted octanol–water partition coefficient (Wildman–Crippen LogP) is 4.65. The quantitative estimate of drug-likeness (QED) is 0.800. The van der Waals surface area contributed by atoms with Crippen LogP contribution in [0.1, 0.15) is 48.0 Å². The van der Waals surface area contributed by atoms with Gasteiger partial charge in [-0.3, -0.25) is 5.32 Å². The number of methoxy groups -OCH3 is 1. The molecule has 5 heteroatoms. The summed E-state index contributed by atoms with van der Waals surface area (Å²) >= 11 is 0. The van der Waals surface area contributed by atoms with Gasteiger partial charge < -0.3 is 14.8 Å². The van der Waals surface area contributed by atoms with E-state index < -0.39 is 11.7 Å². The van der Waals surface area contributed by atoms with Crippen LogP contribution in [0.15, 0.2) is 24.3 Å². The van der Waals surface area contributed by atoms with Gasteiger partial charge in [-0.15, -0.1) is 0 Å². The molecule has 2 N–H and O–H groups in total. The first-order chi connectivity index (χ1) is 10.5. The molecule has 0 saturated carbocycles. The van der Waals surface area contributed by atoms with Crippen molar-refractivity contribution in [1.29, 1.82) is 0 Å². The molecular formula is C18H30N2O3. The highest BCUT2D eigenvalue weighted by Crippen LogP contribution is 2.25. The van der Waals surface area contributed by atoms with Crippen molar-refractivity contribution in [3.8, 4) is 0 Å². The lowest BCUT2D eigenvalue weighted by atomic mass is 9.99. The van der Waals surface area contributed by atoms with E-state index in [0.29, 0.717) is 5.69 Å². The average molecular weight is 322 g/mol. The number of nitrogens with one attached hydrogen (secondary N) is 2. The third-order valence-corrected chi connectivity index (χ3v) is 3.31. The molecule has 1 aromatic rings. The molecule has 0 aliphatic heterocycles. The maximum absolute atomic E-state index is 12.0. The molecule has 23 heavy (non-hydrogen) atoms. The summed E-state index contributed by atoms with van der Waals surface area (Å²) in [4.78, 5) is 12.0. The second kappa shape index (κ2) is 7.68. The lowest BCUT2D eigenvalue weighted by Crippen LogP contribution is -2.31. The number of hydrogen-bond donors (Lipinski definition) is 2. The Bertz CT molecular complexity index is 521. The van der Waals surface area contributed by atoms with Crippen molar-refractivity contribution in [2.45, 2.75) is 65.2 Å². The molecule has 0 aliphatic carbocycles. The van der Waals surface area contributed by atoms with E-state index in [-0.39, 0.29) is 11.6 Å². The summed E-state index contributed by atoms with van der Waals surface area (Å²) in [6, 6.07) is 7.77. The summed E-state index contributed by atoms with van der Waals surface area (Å²) in [5, 5.41) is 6.21. The van der Waals surface area contributed by atoms with Crippen molar-refractivity contribution < 1.29 is 14.3 Å². The Morgan fingerprint density at radius 3 is 2.22 bits per heavy atom. The smallest absolute Gasteiger partial charge is 0.412 e. The molecule has 0 heterocycles. The minimum absolute atomic E-state index is 0.187. The van der Waals surface area contributed by atoms with E-state index in [2.05, 4.69) is 31.4 Å². The minimum atomic E-state index is -0.526. The third kappa shape index (κ3) is 7.37. The number of para-hydroxylation sites is 2. The van der Waals surface area contributed by atoms with Crippen LogP contribution in [0.4, 0.5) is 16.2 Å². The van der Waals surface area contributed by atoms with Crippen molar-refractivity contribution in [2.24, 2.45) is 0 Å². The van der Waals surface area contributed by atoms with Crippen LogP contribution in [0.3, 0.4) is 0 Å². The SMILES string of the molecule is COC(C)(C)CC(C)Nc1ccccc1NC(=O)OC(C)(C)C. The van der Waals surface area contributed by atoms with Crippen molar-refractivity contribution in [2.75, 3.05) is 17.7 Å². The first-order valence-electron chi connectivity index (χ1n) is 7.93. The number of rotatable bonds is 6. The Morgan fingerprint density at radius 1 is 1.13 bits per heavy atom. The number of amides is 1. The molecule has 0 aromatic heterocycles. The van der Waals surface area contributed by atoms with Crippen molar-refractivity contribution >= 4 is 17.5 Å². The molecule has 130 valence electrons. The van der Waals surface area contributed by atoms with Gasteiger partial charge in [0.25, 0.3) is 0 Å². The standard InChI is InChI=1S/C18H30N2O3/c1-13(12-18(5,6)22-7)19-14-10-8-9-11-15(14)20-16(21)23-17(2,3)4/h8-11,13,19H,12H2,1-7H3,(H,20,21). The van der Waals surface area contributed by atoms with Crippen LogP contribution < -0.4 is 10.6 Å². The molecule has 0 fully saturated rings. The van der Waals surface area contributed by atoms with Crippen LogP contribution in [0.2, 0.25) is 0 Å². The molecule has 0 spiro atoms. The van der Waals surface area contributed by atoms with Gasteiger partial charge in [0.15, 0.2) is 0 Å². The van der Waals surface area contributed by atoms with Crippen LogP contribution in [-0.4, -0.2) is 30.4 Å². The molecule has 1 rings (SSSR count). The van der Waals surface area contributed by atoms with E-state index in [0.717, 1.165) is 12.1 Å².